The first-order valence-electron chi connectivity index (χ1n) is 4.99. The van der Waals surface area contributed by atoms with Crippen LogP contribution in [0.1, 0.15) is 18.9 Å². The van der Waals surface area contributed by atoms with Crippen LogP contribution in [0.4, 0.5) is 5.69 Å². The van der Waals surface area contributed by atoms with Crippen LogP contribution in [0.5, 0.6) is 11.5 Å². The quantitative estimate of drug-likeness (QED) is 0.730. The molecule has 76 valence electrons. The third kappa shape index (κ3) is 1.62. The van der Waals surface area contributed by atoms with Crippen LogP contribution in [0.2, 0.25) is 0 Å². The molecule has 0 atom stereocenters. The van der Waals surface area contributed by atoms with Crippen LogP contribution >= 0.6 is 0 Å². The number of hydrogen-bond acceptors (Lipinski definition) is 3. The van der Waals surface area contributed by atoms with E-state index in [1.54, 1.807) is 0 Å². The maximum atomic E-state index is 5.90. The fourth-order valence-electron chi connectivity index (χ4n) is 1.63. The Balaban J connectivity index is 2.35. The van der Waals surface area contributed by atoms with Crippen molar-refractivity contribution in [2.45, 2.75) is 19.8 Å². The van der Waals surface area contributed by atoms with Gasteiger partial charge in [0.05, 0.1) is 0 Å². The molecule has 3 nitrogen and oxygen atoms in total. The number of hydrogen-bond donors (Lipinski definition) is 1. The predicted molar refractivity (Wildman–Crippen MR) is 55.8 cm³/mol. The second-order valence-corrected chi connectivity index (χ2v) is 3.44. The molecule has 0 saturated heterocycles. The second-order valence-electron chi connectivity index (χ2n) is 3.44. The highest BCUT2D eigenvalue weighted by molar-refractivity contribution is 5.58. The molecule has 0 bridgehead atoms. The zero-order chi connectivity index (χ0) is 9.97. The van der Waals surface area contributed by atoms with Crippen molar-refractivity contribution in [2.75, 3.05) is 18.9 Å². The molecule has 0 aliphatic carbocycles. The van der Waals surface area contributed by atoms with Crippen molar-refractivity contribution in [1.82, 2.24) is 0 Å². The van der Waals surface area contributed by atoms with E-state index < -0.39 is 0 Å². The van der Waals surface area contributed by atoms with Gasteiger partial charge in [-0.3, -0.25) is 0 Å². The monoisotopic (exact) mass is 193 g/mol. The molecule has 0 fully saturated rings. The maximum absolute atomic E-state index is 5.90. The maximum Gasteiger partial charge on any atom is 0.163 e. The number of rotatable bonds is 2. The van der Waals surface area contributed by atoms with Crippen molar-refractivity contribution in [3.63, 3.8) is 0 Å². The van der Waals surface area contributed by atoms with Gasteiger partial charge in [-0.25, -0.2) is 0 Å². The molecule has 2 N–H and O–H groups in total. The first-order chi connectivity index (χ1) is 6.81. The zero-order valence-electron chi connectivity index (χ0n) is 8.38. The minimum absolute atomic E-state index is 0.611. The van der Waals surface area contributed by atoms with Crippen LogP contribution < -0.4 is 15.2 Å². The molecule has 1 aliphatic heterocycles. The average Bonchev–Trinajstić information content (AvgIpc) is 2.19. The van der Waals surface area contributed by atoms with Crippen molar-refractivity contribution in [3.8, 4) is 11.5 Å². The van der Waals surface area contributed by atoms with E-state index in [1.807, 2.05) is 12.1 Å². The standard InChI is InChI=1S/C11H15NO2/c1-2-3-8-6-10-11(7-9(8)12)14-5-4-13-10/h6-7H,2-5,12H2,1H3. The first kappa shape index (κ1) is 9.19. The van der Waals surface area contributed by atoms with Crippen molar-refractivity contribution in [1.29, 1.82) is 0 Å². The van der Waals surface area contributed by atoms with Crippen molar-refractivity contribution in [2.24, 2.45) is 0 Å². The highest BCUT2D eigenvalue weighted by Crippen LogP contribution is 2.34. The summed E-state index contributed by atoms with van der Waals surface area (Å²) in [6.45, 7) is 3.37. The third-order valence-electron chi connectivity index (χ3n) is 2.32. The van der Waals surface area contributed by atoms with Gasteiger partial charge in [-0.15, -0.1) is 0 Å². The summed E-state index contributed by atoms with van der Waals surface area (Å²) in [4.78, 5) is 0. The summed E-state index contributed by atoms with van der Waals surface area (Å²) in [5.74, 6) is 1.60. The van der Waals surface area contributed by atoms with E-state index in [-0.39, 0.29) is 0 Å². The van der Waals surface area contributed by atoms with Gasteiger partial charge in [0.2, 0.25) is 0 Å². The van der Waals surface area contributed by atoms with Gasteiger partial charge in [0, 0.05) is 11.8 Å². The average molecular weight is 193 g/mol. The summed E-state index contributed by atoms with van der Waals surface area (Å²) < 4.78 is 10.9. The van der Waals surface area contributed by atoms with E-state index in [0.29, 0.717) is 13.2 Å². The molecule has 0 aromatic heterocycles. The number of nitrogen functional groups attached to an aromatic ring is 1. The molecule has 1 aromatic carbocycles. The number of benzene rings is 1. The van der Waals surface area contributed by atoms with Crippen LogP contribution in [0, 0.1) is 0 Å². The number of anilines is 1. The van der Waals surface area contributed by atoms with Crippen LogP contribution in [0.15, 0.2) is 12.1 Å². The van der Waals surface area contributed by atoms with E-state index in [0.717, 1.165) is 35.6 Å². The SMILES string of the molecule is CCCc1cc2c(cc1N)OCCO2. The molecule has 14 heavy (non-hydrogen) atoms. The van der Waals surface area contributed by atoms with Gasteiger partial charge in [0.15, 0.2) is 11.5 Å². The van der Waals surface area contributed by atoms with E-state index in [9.17, 15) is 0 Å². The lowest BCUT2D eigenvalue weighted by Gasteiger charge is -2.20. The third-order valence-corrected chi connectivity index (χ3v) is 2.32. The zero-order valence-corrected chi connectivity index (χ0v) is 8.38. The Morgan fingerprint density at radius 1 is 1.21 bits per heavy atom. The minimum Gasteiger partial charge on any atom is -0.486 e. The Morgan fingerprint density at radius 3 is 2.50 bits per heavy atom. The Bertz CT molecular complexity index is 336. The summed E-state index contributed by atoms with van der Waals surface area (Å²) in [6.07, 6.45) is 2.08. The lowest BCUT2D eigenvalue weighted by atomic mass is 10.1. The van der Waals surface area contributed by atoms with Gasteiger partial charge in [-0.1, -0.05) is 13.3 Å². The first-order valence-corrected chi connectivity index (χ1v) is 4.99. The van der Waals surface area contributed by atoms with E-state index >= 15 is 0 Å². The molecule has 0 radical (unpaired) electrons. The van der Waals surface area contributed by atoms with Gasteiger partial charge in [0.1, 0.15) is 13.2 Å². The second kappa shape index (κ2) is 3.78. The van der Waals surface area contributed by atoms with E-state index in [1.165, 1.54) is 0 Å². The van der Waals surface area contributed by atoms with Crippen molar-refractivity contribution in [3.05, 3.63) is 17.7 Å². The summed E-state index contributed by atoms with van der Waals surface area (Å²) in [5, 5.41) is 0. The summed E-state index contributed by atoms with van der Waals surface area (Å²) in [5.41, 5.74) is 7.85. The lowest BCUT2D eigenvalue weighted by molar-refractivity contribution is 0.171. The number of nitrogens with two attached hydrogens (primary N) is 1. The number of ether oxygens (including phenoxy) is 2. The molecule has 0 amide bonds. The van der Waals surface area contributed by atoms with E-state index in [2.05, 4.69) is 6.92 Å². The summed E-state index contributed by atoms with van der Waals surface area (Å²) >= 11 is 0. The molecule has 1 heterocycles. The molecule has 3 heteroatoms. The molecule has 0 unspecified atom stereocenters. The molecular formula is C11H15NO2. The summed E-state index contributed by atoms with van der Waals surface area (Å²) in [6, 6.07) is 3.85. The van der Waals surface area contributed by atoms with Crippen LogP contribution in [-0.2, 0) is 6.42 Å². The molecular weight excluding hydrogens is 178 g/mol. The summed E-state index contributed by atoms with van der Waals surface area (Å²) in [7, 11) is 0. The lowest BCUT2D eigenvalue weighted by Crippen LogP contribution is -2.16. The van der Waals surface area contributed by atoms with Gasteiger partial charge in [-0.2, -0.15) is 0 Å². The van der Waals surface area contributed by atoms with Crippen molar-refractivity contribution >= 4 is 5.69 Å². The van der Waals surface area contributed by atoms with E-state index in [4.69, 9.17) is 15.2 Å². The Labute approximate surface area is 83.8 Å². The topological polar surface area (TPSA) is 44.5 Å². The molecule has 0 saturated carbocycles. The highest BCUT2D eigenvalue weighted by Gasteiger charge is 2.13. The largest absolute Gasteiger partial charge is 0.486 e. The molecule has 1 aliphatic rings. The molecule has 0 spiro atoms. The van der Waals surface area contributed by atoms with Crippen LogP contribution in [0.3, 0.4) is 0 Å². The number of aryl methyl sites for hydroxylation is 1. The predicted octanol–water partition coefficient (Wildman–Crippen LogP) is 1.99. The van der Waals surface area contributed by atoms with Gasteiger partial charge < -0.3 is 15.2 Å². The Morgan fingerprint density at radius 2 is 1.86 bits per heavy atom. The molecule has 2 rings (SSSR count). The van der Waals surface area contributed by atoms with Gasteiger partial charge in [0.25, 0.3) is 0 Å². The van der Waals surface area contributed by atoms with Gasteiger partial charge >= 0.3 is 0 Å². The smallest absolute Gasteiger partial charge is 0.163 e. The Kier molecular flexibility index (Phi) is 2.48. The van der Waals surface area contributed by atoms with Crippen LogP contribution in [0.25, 0.3) is 0 Å². The Hall–Kier alpha value is -1.38. The van der Waals surface area contributed by atoms with Gasteiger partial charge in [-0.05, 0) is 18.1 Å². The van der Waals surface area contributed by atoms with Crippen molar-refractivity contribution < 1.29 is 9.47 Å². The number of fused-ring (bicyclic) bond motifs is 1. The van der Waals surface area contributed by atoms with Crippen LogP contribution in [-0.4, -0.2) is 13.2 Å². The normalized spacial score (nSPS) is 14.1. The fraction of sp³-hybridized carbons (Fsp3) is 0.455. The minimum atomic E-state index is 0.611. The molecule has 1 aromatic rings. The fourth-order valence-corrected chi connectivity index (χ4v) is 1.63. The highest BCUT2D eigenvalue weighted by atomic mass is 16.6.